The zero-order valence-corrected chi connectivity index (χ0v) is 12.8. The number of carbonyl (C=O) groups is 2. The maximum absolute atomic E-state index is 12.1. The second kappa shape index (κ2) is 6.78. The van der Waals surface area contributed by atoms with Gasteiger partial charge in [-0.3, -0.25) is 4.79 Å². The molecular formula is C16H15NO6. The van der Waals surface area contributed by atoms with E-state index in [2.05, 4.69) is 9.72 Å². The minimum Gasteiger partial charge on any atom is -0.497 e. The molecule has 0 spiro atoms. The molecule has 23 heavy (non-hydrogen) atoms. The molecule has 2 rings (SSSR count). The van der Waals surface area contributed by atoms with Gasteiger partial charge in [-0.05, 0) is 29.8 Å². The molecule has 0 radical (unpaired) electrons. The van der Waals surface area contributed by atoms with E-state index in [0.717, 1.165) is 13.2 Å². The van der Waals surface area contributed by atoms with Crippen molar-refractivity contribution in [1.82, 2.24) is 4.98 Å². The third-order valence-corrected chi connectivity index (χ3v) is 3.22. The van der Waals surface area contributed by atoms with Crippen LogP contribution in [0, 0.1) is 0 Å². The first kappa shape index (κ1) is 16.3. The van der Waals surface area contributed by atoms with Crippen molar-refractivity contribution in [2.75, 3.05) is 21.3 Å². The number of benzene rings is 1. The number of methoxy groups -OCH3 is 3. The third-order valence-electron chi connectivity index (χ3n) is 3.22. The molecule has 0 fully saturated rings. The summed E-state index contributed by atoms with van der Waals surface area (Å²) in [7, 11) is 3.87. The van der Waals surface area contributed by atoms with Crippen molar-refractivity contribution in [2.45, 2.75) is 0 Å². The van der Waals surface area contributed by atoms with E-state index in [9.17, 15) is 14.4 Å². The normalized spacial score (nSPS) is 10.0. The first-order valence-corrected chi connectivity index (χ1v) is 6.60. The highest BCUT2D eigenvalue weighted by Gasteiger charge is 2.24. The van der Waals surface area contributed by atoms with Crippen LogP contribution in [-0.2, 0) is 9.47 Å². The minimum absolute atomic E-state index is 0.0656. The number of carbonyl (C=O) groups excluding carboxylic acids is 2. The molecule has 1 aromatic heterocycles. The number of rotatable bonds is 4. The summed E-state index contributed by atoms with van der Waals surface area (Å²) < 4.78 is 14.4. The van der Waals surface area contributed by atoms with Crippen LogP contribution in [0.3, 0.4) is 0 Å². The molecule has 0 aliphatic rings. The molecule has 2 aromatic rings. The van der Waals surface area contributed by atoms with Crippen LogP contribution < -0.4 is 10.3 Å². The van der Waals surface area contributed by atoms with Crippen molar-refractivity contribution in [3.63, 3.8) is 0 Å². The fourth-order valence-electron chi connectivity index (χ4n) is 2.12. The van der Waals surface area contributed by atoms with Crippen LogP contribution >= 0.6 is 0 Å². The Hall–Kier alpha value is -3.09. The van der Waals surface area contributed by atoms with Gasteiger partial charge >= 0.3 is 11.9 Å². The van der Waals surface area contributed by atoms with Gasteiger partial charge in [-0.25, -0.2) is 9.59 Å². The van der Waals surface area contributed by atoms with E-state index in [4.69, 9.17) is 9.47 Å². The maximum Gasteiger partial charge on any atom is 0.340 e. The van der Waals surface area contributed by atoms with Gasteiger partial charge in [0.25, 0.3) is 0 Å². The number of hydrogen-bond acceptors (Lipinski definition) is 6. The molecule has 120 valence electrons. The van der Waals surface area contributed by atoms with E-state index >= 15 is 0 Å². The fraction of sp³-hybridized carbons (Fsp3) is 0.188. The van der Waals surface area contributed by atoms with Crippen LogP contribution in [0.2, 0.25) is 0 Å². The lowest BCUT2D eigenvalue weighted by Crippen LogP contribution is -2.20. The van der Waals surface area contributed by atoms with Crippen molar-refractivity contribution in [1.29, 1.82) is 0 Å². The lowest BCUT2D eigenvalue weighted by atomic mass is 10.0. The second-order valence-corrected chi connectivity index (χ2v) is 4.51. The molecule has 0 unspecified atom stereocenters. The van der Waals surface area contributed by atoms with Gasteiger partial charge < -0.3 is 19.2 Å². The summed E-state index contributed by atoms with van der Waals surface area (Å²) in [5.41, 5.74) is -0.0663. The van der Waals surface area contributed by atoms with Crippen LogP contribution in [-0.4, -0.2) is 38.3 Å². The Balaban J connectivity index is 2.74. The molecule has 7 nitrogen and oxygen atoms in total. The minimum atomic E-state index is -0.800. The van der Waals surface area contributed by atoms with Gasteiger partial charge in [0.1, 0.15) is 5.75 Å². The number of aromatic nitrogens is 1. The van der Waals surface area contributed by atoms with Gasteiger partial charge in [-0.2, -0.15) is 0 Å². The van der Waals surface area contributed by atoms with E-state index in [1.807, 2.05) is 0 Å². The van der Waals surface area contributed by atoms with Gasteiger partial charge in [-0.15, -0.1) is 0 Å². The van der Waals surface area contributed by atoms with Crippen molar-refractivity contribution in [3.05, 3.63) is 51.8 Å². The Bertz CT molecular complexity index is 791. The highest BCUT2D eigenvalue weighted by atomic mass is 16.5. The monoisotopic (exact) mass is 317 g/mol. The molecule has 0 aliphatic heterocycles. The number of nitrogens with one attached hydrogen (secondary N) is 1. The second-order valence-electron chi connectivity index (χ2n) is 4.51. The van der Waals surface area contributed by atoms with Crippen molar-refractivity contribution in [2.24, 2.45) is 0 Å². The highest BCUT2D eigenvalue weighted by molar-refractivity contribution is 6.07. The number of aromatic amines is 1. The molecule has 7 heteroatoms. The molecule has 0 atom stereocenters. The summed E-state index contributed by atoms with van der Waals surface area (Å²) in [6.07, 6.45) is 0. The predicted molar refractivity (Wildman–Crippen MR) is 81.7 cm³/mol. The zero-order valence-electron chi connectivity index (χ0n) is 12.8. The number of pyridine rings is 1. The number of hydrogen-bond donors (Lipinski definition) is 1. The van der Waals surface area contributed by atoms with Crippen LogP contribution in [0.1, 0.15) is 20.7 Å². The summed E-state index contributed by atoms with van der Waals surface area (Å²) in [6.45, 7) is 0. The molecular weight excluding hydrogens is 302 g/mol. The average molecular weight is 317 g/mol. The molecule has 1 heterocycles. The number of H-pyrrole nitrogens is 1. The van der Waals surface area contributed by atoms with Crippen molar-refractivity contribution >= 4 is 11.9 Å². The molecule has 0 aliphatic carbocycles. The van der Waals surface area contributed by atoms with Crippen molar-refractivity contribution < 1.29 is 23.8 Å². The molecule has 1 aromatic carbocycles. The quantitative estimate of drug-likeness (QED) is 0.861. The van der Waals surface area contributed by atoms with Crippen molar-refractivity contribution in [3.8, 4) is 17.0 Å². The first-order chi connectivity index (χ1) is 11.0. The molecule has 0 bridgehead atoms. The Morgan fingerprint density at radius 3 is 2.09 bits per heavy atom. The van der Waals surface area contributed by atoms with Gasteiger partial charge in [0, 0.05) is 6.07 Å². The standard InChI is InChI=1S/C16H15NO6/c1-21-10-6-4-9(5-7-10)14-13(16(20)23-3)11(15(19)22-2)8-12(18)17-14/h4-8H,1-3H3,(H,17,18). The highest BCUT2D eigenvalue weighted by Crippen LogP contribution is 2.26. The van der Waals surface area contributed by atoms with Crippen LogP contribution in [0.15, 0.2) is 35.1 Å². The Labute approximate surface area is 131 Å². The van der Waals surface area contributed by atoms with E-state index in [1.54, 1.807) is 24.3 Å². The average Bonchev–Trinajstić information content (AvgIpc) is 2.59. The lowest BCUT2D eigenvalue weighted by Gasteiger charge is -2.12. The largest absolute Gasteiger partial charge is 0.497 e. The number of esters is 2. The SMILES string of the molecule is COC(=O)c1cc(=O)[nH]c(-c2ccc(OC)cc2)c1C(=O)OC. The number of ether oxygens (including phenoxy) is 3. The van der Waals surface area contributed by atoms with E-state index < -0.39 is 17.5 Å². The lowest BCUT2D eigenvalue weighted by molar-refractivity contribution is 0.0555. The molecule has 1 N–H and O–H groups in total. The van der Waals surface area contributed by atoms with E-state index in [-0.39, 0.29) is 16.8 Å². The third kappa shape index (κ3) is 3.23. The van der Waals surface area contributed by atoms with Gasteiger partial charge in [-0.1, -0.05) is 0 Å². The Kier molecular flexibility index (Phi) is 4.80. The topological polar surface area (TPSA) is 94.7 Å². The van der Waals surface area contributed by atoms with Crippen LogP contribution in [0.25, 0.3) is 11.3 Å². The maximum atomic E-state index is 12.1. The van der Waals surface area contributed by atoms with Crippen LogP contribution in [0.5, 0.6) is 5.75 Å². The molecule has 0 amide bonds. The first-order valence-electron chi connectivity index (χ1n) is 6.60. The Morgan fingerprint density at radius 2 is 1.57 bits per heavy atom. The molecule has 0 saturated carbocycles. The summed E-state index contributed by atoms with van der Waals surface area (Å²) in [5.74, 6) is -0.946. The molecule has 0 saturated heterocycles. The van der Waals surface area contributed by atoms with Crippen LogP contribution in [0.4, 0.5) is 0 Å². The van der Waals surface area contributed by atoms with Gasteiger partial charge in [0.2, 0.25) is 5.56 Å². The summed E-state index contributed by atoms with van der Waals surface area (Å²) in [6, 6.07) is 7.64. The Morgan fingerprint density at radius 1 is 0.957 bits per heavy atom. The summed E-state index contributed by atoms with van der Waals surface area (Å²) >= 11 is 0. The van der Waals surface area contributed by atoms with E-state index in [0.29, 0.717) is 11.3 Å². The predicted octanol–water partition coefficient (Wildman–Crippen LogP) is 1.62. The zero-order chi connectivity index (χ0) is 17.0. The fourth-order valence-corrected chi connectivity index (χ4v) is 2.12. The smallest absolute Gasteiger partial charge is 0.340 e. The summed E-state index contributed by atoms with van der Waals surface area (Å²) in [5, 5.41) is 0. The van der Waals surface area contributed by atoms with Gasteiger partial charge in [0.15, 0.2) is 0 Å². The van der Waals surface area contributed by atoms with Gasteiger partial charge in [0.05, 0.1) is 38.2 Å². The summed E-state index contributed by atoms with van der Waals surface area (Å²) in [4.78, 5) is 38.4. The van der Waals surface area contributed by atoms with E-state index in [1.165, 1.54) is 14.2 Å².